The SMILES string of the molecule is C=C(Nc1cc(NC)c(F)c(C)c1C)c1nn(SF)c2c1CC(C)CC2. The molecule has 1 heterocycles. The van der Waals surface area contributed by atoms with Crippen molar-refractivity contribution >= 4 is 29.4 Å². The number of hydrogen-bond acceptors (Lipinski definition) is 4. The van der Waals surface area contributed by atoms with E-state index in [-0.39, 0.29) is 18.2 Å². The van der Waals surface area contributed by atoms with Gasteiger partial charge in [0.15, 0.2) is 12.3 Å². The highest BCUT2D eigenvalue weighted by molar-refractivity contribution is 7.92. The van der Waals surface area contributed by atoms with Crippen LogP contribution in [-0.4, -0.2) is 16.2 Å². The number of anilines is 2. The molecule has 0 bridgehead atoms. The molecule has 3 rings (SSSR count). The van der Waals surface area contributed by atoms with E-state index in [1.165, 1.54) is 4.09 Å². The zero-order valence-electron chi connectivity index (χ0n) is 15.5. The van der Waals surface area contributed by atoms with Crippen LogP contribution in [0.2, 0.25) is 0 Å². The highest BCUT2D eigenvalue weighted by atomic mass is 32.2. The average molecular weight is 378 g/mol. The summed E-state index contributed by atoms with van der Waals surface area (Å²) in [6.45, 7) is 9.92. The van der Waals surface area contributed by atoms with Crippen LogP contribution in [0.5, 0.6) is 0 Å². The lowest BCUT2D eigenvalue weighted by molar-refractivity contribution is 0.495. The molecule has 1 aliphatic carbocycles. The Bertz CT molecular complexity index is 860. The number of nitrogens with zero attached hydrogens (tertiary/aromatic N) is 2. The molecule has 1 aliphatic rings. The van der Waals surface area contributed by atoms with E-state index < -0.39 is 0 Å². The Morgan fingerprint density at radius 1 is 1.35 bits per heavy atom. The van der Waals surface area contributed by atoms with Crippen molar-refractivity contribution < 1.29 is 8.28 Å². The van der Waals surface area contributed by atoms with E-state index in [1.807, 2.05) is 6.92 Å². The van der Waals surface area contributed by atoms with Gasteiger partial charge in [-0.3, -0.25) is 0 Å². The Kier molecular flexibility index (Phi) is 5.27. The van der Waals surface area contributed by atoms with E-state index in [2.05, 4.69) is 29.2 Å². The summed E-state index contributed by atoms with van der Waals surface area (Å²) in [4.78, 5) is 0. The molecule has 4 nitrogen and oxygen atoms in total. The molecule has 1 aromatic carbocycles. The summed E-state index contributed by atoms with van der Waals surface area (Å²) in [5.41, 5.74) is 5.83. The zero-order chi connectivity index (χ0) is 19.0. The highest BCUT2D eigenvalue weighted by Gasteiger charge is 2.26. The van der Waals surface area contributed by atoms with E-state index in [0.29, 0.717) is 28.6 Å². The van der Waals surface area contributed by atoms with Gasteiger partial charge in [-0.25, -0.2) is 4.39 Å². The lowest BCUT2D eigenvalue weighted by Gasteiger charge is -2.20. The first-order valence-corrected chi connectivity index (χ1v) is 9.38. The van der Waals surface area contributed by atoms with Crippen LogP contribution in [0, 0.1) is 25.6 Å². The van der Waals surface area contributed by atoms with E-state index >= 15 is 0 Å². The monoisotopic (exact) mass is 378 g/mol. The third-order valence-corrected chi connectivity index (χ3v) is 5.64. The lowest BCUT2D eigenvalue weighted by Crippen LogP contribution is -2.13. The minimum atomic E-state index is -0.259. The maximum absolute atomic E-state index is 14.2. The van der Waals surface area contributed by atoms with Crippen LogP contribution in [0.1, 0.15) is 41.4 Å². The van der Waals surface area contributed by atoms with Crippen molar-refractivity contribution in [2.75, 3.05) is 17.7 Å². The van der Waals surface area contributed by atoms with Crippen molar-refractivity contribution in [3.05, 3.63) is 46.5 Å². The molecular weight excluding hydrogens is 354 g/mol. The predicted octanol–water partition coefficient (Wildman–Crippen LogP) is 5.27. The fourth-order valence-corrected chi connectivity index (χ4v) is 3.87. The second-order valence-corrected chi connectivity index (χ2v) is 7.44. The number of halogens is 2. The number of fused-ring (bicyclic) bond motifs is 1. The topological polar surface area (TPSA) is 41.9 Å². The molecule has 140 valence electrons. The summed E-state index contributed by atoms with van der Waals surface area (Å²) in [5.74, 6) is 0.271. The molecular formula is C19H24F2N4S. The summed E-state index contributed by atoms with van der Waals surface area (Å²) < 4.78 is 28.9. The van der Waals surface area contributed by atoms with Crippen LogP contribution in [-0.2, 0) is 12.8 Å². The second-order valence-electron chi connectivity index (χ2n) is 6.95. The predicted molar refractivity (Wildman–Crippen MR) is 106 cm³/mol. The lowest BCUT2D eigenvalue weighted by atomic mass is 9.87. The van der Waals surface area contributed by atoms with Gasteiger partial charge in [-0.05, 0) is 56.2 Å². The van der Waals surface area contributed by atoms with Gasteiger partial charge in [0.2, 0.25) is 0 Å². The van der Waals surface area contributed by atoms with Gasteiger partial charge in [0.1, 0.15) is 11.5 Å². The summed E-state index contributed by atoms with van der Waals surface area (Å²) >= 11 is 0.120. The fraction of sp³-hybridized carbons (Fsp3) is 0.421. The molecule has 0 aliphatic heterocycles. The van der Waals surface area contributed by atoms with Gasteiger partial charge in [0.25, 0.3) is 0 Å². The van der Waals surface area contributed by atoms with Crippen molar-refractivity contribution in [3.8, 4) is 0 Å². The average Bonchev–Trinajstić information content (AvgIpc) is 3.00. The number of hydrogen-bond donors (Lipinski definition) is 2. The van der Waals surface area contributed by atoms with Gasteiger partial charge in [0, 0.05) is 18.3 Å². The number of rotatable bonds is 5. The van der Waals surface area contributed by atoms with Gasteiger partial charge in [-0.15, -0.1) is 3.89 Å². The fourth-order valence-electron chi connectivity index (χ4n) is 3.48. The number of benzene rings is 1. The van der Waals surface area contributed by atoms with Gasteiger partial charge in [-0.2, -0.15) is 9.19 Å². The van der Waals surface area contributed by atoms with Crippen LogP contribution in [0.25, 0.3) is 5.70 Å². The molecule has 1 aromatic heterocycles. The van der Waals surface area contributed by atoms with Crippen LogP contribution in [0.15, 0.2) is 12.6 Å². The molecule has 0 fully saturated rings. The molecule has 7 heteroatoms. The molecule has 26 heavy (non-hydrogen) atoms. The second kappa shape index (κ2) is 7.31. The third kappa shape index (κ3) is 3.20. The van der Waals surface area contributed by atoms with E-state index in [1.54, 1.807) is 20.0 Å². The first-order valence-electron chi connectivity index (χ1n) is 8.70. The van der Waals surface area contributed by atoms with Crippen molar-refractivity contribution in [1.29, 1.82) is 0 Å². The molecule has 2 N–H and O–H groups in total. The van der Waals surface area contributed by atoms with Gasteiger partial charge in [-0.1, -0.05) is 13.5 Å². The summed E-state index contributed by atoms with van der Waals surface area (Å²) in [6, 6.07) is 1.72. The van der Waals surface area contributed by atoms with Gasteiger partial charge < -0.3 is 10.6 Å². The Labute approximate surface area is 157 Å². The molecule has 0 saturated carbocycles. The summed E-state index contributed by atoms with van der Waals surface area (Å²) in [6.07, 6.45) is 2.70. The Morgan fingerprint density at radius 2 is 2.08 bits per heavy atom. The normalized spacial score (nSPS) is 16.3. The number of nitrogens with one attached hydrogen (secondary N) is 2. The largest absolute Gasteiger partial charge is 0.386 e. The van der Waals surface area contributed by atoms with Crippen molar-refractivity contribution in [2.24, 2.45) is 5.92 Å². The van der Waals surface area contributed by atoms with Crippen molar-refractivity contribution in [2.45, 2.75) is 40.0 Å². The molecule has 0 spiro atoms. The molecule has 0 saturated heterocycles. The molecule has 1 unspecified atom stereocenters. The minimum absolute atomic E-state index is 0.120. The van der Waals surface area contributed by atoms with Crippen molar-refractivity contribution in [1.82, 2.24) is 9.19 Å². The van der Waals surface area contributed by atoms with Crippen LogP contribution < -0.4 is 10.6 Å². The van der Waals surface area contributed by atoms with E-state index in [4.69, 9.17) is 0 Å². The van der Waals surface area contributed by atoms with Crippen LogP contribution in [0.3, 0.4) is 0 Å². The smallest absolute Gasteiger partial charge is 0.187 e. The third-order valence-electron chi connectivity index (χ3n) is 5.21. The van der Waals surface area contributed by atoms with Crippen LogP contribution in [0.4, 0.5) is 19.7 Å². The Hall–Kier alpha value is -2.02. The quantitative estimate of drug-likeness (QED) is 0.744. The Balaban J connectivity index is 1.97. The molecule has 2 aromatic rings. The van der Waals surface area contributed by atoms with Gasteiger partial charge >= 0.3 is 0 Å². The first kappa shape index (κ1) is 18.8. The van der Waals surface area contributed by atoms with E-state index in [0.717, 1.165) is 41.8 Å². The number of aromatic nitrogens is 2. The summed E-state index contributed by atoms with van der Waals surface area (Å²) in [7, 11) is 1.68. The van der Waals surface area contributed by atoms with Gasteiger partial charge in [0.05, 0.1) is 17.1 Å². The molecule has 1 atom stereocenters. The minimum Gasteiger partial charge on any atom is -0.386 e. The summed E-state index contributed by atoms with van der Waals surface area (Å²) in [5, 5.41) is 10.5. The van der Waals surface area contributed by atoms with E-state index in [9.17, 15) is 8.28 Å². The van der Waals surface area contributed by atoms with Crippen LogP contribution >= 0.6 is 12.3 Å². The zero-order valence-corrected chi connectivity index (χ0v) is 16.4. The molecule has 0 amide bonds. The first-order chi connectivity index (χ1) is 12.4. The standard InChI is InChI=1S/C19H24F2N4S/c1-10-6-7-17-14(8-10)19(24-25(17)26-21)13(4)23-15-9-16(22-5)18(20)12(3)11(15)2/h9-10,22-23H,4,6-8H2,1-3,5H3. The maximum atomic E-state index is 14.2. The van der Waals surface area contributed by atoms with Crippen molar-refractivity contribution in [3.63, 3.8) is 0 Å². The highest BCUT2D eigenvalue weighted by Crippen LogP contribution is 2.35. The maximum Gasteiger partial charge on any atom is 0.187 e. The molecule has 0 radical (unpaired) electrons. The Morgan fingerprint density at radius 3 is 2.73 bits per heavy atom.